The van der Waals surface area contributed by atoms with E-state index in [1.165, 1.54) is 6.07 Å². The summed E-state index contributed by atoms with van der Waals surface area (Å²) in [6, 6.07) is 4.63. The molecule has 1 aromatic heterocycles. The fraction of sp³-hybridized carbons (Fsp3) is 0.560. The van der Waals surface area contributed by atoms with Gasteiger partial charge in [-0.3, -0.25) is 4.57 Å². The van der Waals surface area contributed by atoms with Crippen molar-refractivity contribution in [2.45, 2.75) is 82.5 Å². The molecule has 10 heteroatoms. The number of ether oxygens (including phenoxy) is 1. The van der Waals surface area contributed by atoms with Gasteiger partial charge in [0.25, 0.3) is 0 Å². The molecule has 6 nitrogen and oxygen atoms in total. The number of halogens is 3. The van der Waals surface area contributed by atoms with Gasteiger partial charge in [0.2, 0.25) is 11.8 Å². The second-order valence-electron chi connectivity index (χ2n) is 11.3. The molecular formula is C25H31F3N2O4Si. The first-order valence-corrected chi connectivity index (χ1v) is 14.5. The van der Waals surface area contributed by atoms with Gasteiger partial charge in [-0.2, -0.15) is 18.4 Å². The normalized spacial score (nSPS) is 24.0. The Morgan fingerprint density at radius 2 is 1.77 bits per heavy atom. The first kappa shape index (κ1) is 25.6. The maximum absolute atomic E-state index is 13.6. The van der Waals surface area contributed by atoms with Gasteiger partial charge >= 0.3 is 6.18 Å². The molecular weight excluding hydrogens is 477 g/mol. The SMILES string of the molecule is CC(C)(C)[Si](C)(C)OCC[C@@]12CC[C@@](C)(O1)c1c2c(O)n(-c2ccc(C#N)c(C(F)(F)F)c2)c1O. The number of benzene rings is 1. The van der Waals surface area contributed by atoms with Crippen LogP contribution in [-0.2, 0) is 26.5 Å². The van der Waals surface area contributed by atoms with Gasteiger partial charge in [0.1, 0.15) is 5.60 Å². The van der Waals surface area contributed by atoms with Gasteiger partial charge in [-0.1, -0.05) is 20.8 Å². The highest BCUT2D eigenvalue weighted by Gasteiger charge is 2.61. The van der Waals surface area contributed by atoms with Crippen LogP contribution in [0.5, 0.6) is 11.8 Å². The van der Waals surface area contributed by atoms with Crippen molar-refractivity contribution in [1.82, 2.24) is 4.57 Å². The van der Waals surface area contributed by atoms with E-state index in [4.69, 9.17) is 14.4 Å². The minimum atomic E-state index is -4.77. The van der Waals surface area contributed by atoms with Crippen LogP contribution in [0.25, 0.3) is 5.69 Å². The Balaban J connectivity index is 1.76. The summed E-state index contributed by atoms with van der Waals surface area (Å²) in [5.41, 5.74) is -2.73. The first-order valence-electron chi connectivity index (χ1n) is 11.6. The molecule has 2 aromatic rings. The van der Waals surface area contributed by atoms with Gasteiger partial charge in [0.15, 0.2) is 8.32 Å². The number of fused-ring (bicyclic) bond motifs is 5. The summed E-state index contributed by atoms with van der Waals surface area (Å²) in [5, 5.41) is 31.5. The summed E-state index contributed by atoms with van der Waals surface area (Å²) in [7, 11) is -2.03. The van der Waals surface area contributed by atoms with E-state index in [0.29, 0.717) is 37.0 Å². The number of hydrogen-bond acceptors (Lipinski definition) is 5. The van der Waals surface area contributed by atoms with Crippen LogP contribution in [0.15, 0.2) is 18.2 Å². The summed E-state index contributed by atoms with van der Waals surface area (Å²) in [6.07, 6.45) is -3.13. The van der Waals surface area contributed by atoms with Crippen LogP contribution in [0.1, 0.15) is 69.2 Å². The molecule has 4 rings (SSSR count). The van der Waals surface area contributed by atoms with Crippen LogP contribution in [0.3, 0.4) is 0 Å². The minimum Gasteiger partial charge on any atom is -0.494 e. The maximum Gasteiger partial charge on any atom is 0.417 e. The molecule has 2 atom stereocenters. The lowest BCUT2D eigenvalue weighted by molar-refractivity contribution is -0.137. The third-order valence-corrected chi connectivity index (χ3v) is 12.5. The molecule has 3 heterocycles. The zero-order valence-corrected chi connectivity index (χ0v) is 21.8. The molecule has 0 saturated carbocycles. The lowest BCUT2D eigenvalue weighted by atomic mass is 9.78. The van der Waals surface area contributed by atoms with Crippen molar-refractivity contribution in [2.24, 2.45) is 0 Å². The quantitative estimate of drug-likeness (QED) is 0.455. The van der Waals surface area contributed by atoms with Crippen LogP contribution in [0.4, 0.5) is 13.2 Å². The molecule has 0 spiro atoms. The van der Waals surface area contributed by atoms with E-state index < -0.39 is 36.8 Å². The second kappa shape index (κ2) is 7.76. The van der Waals surface area contributed by atoms with Gasteiger partial charge in [0.05, 0.1) is 39.6 Å². The largest absolute Gasteiger partial charge is 0.494 e. The van der Waals surface area contributed by atoms with Gasteiger partial charge in [-0.15, -0.1) is 0 Å². The van der Waals surface area contributed by atoms with Crippen LogP contribution in [-0.4, -0.2) is 29.7 Å². The highest BCUT2D eigenvalue weighted by molar-refractivity contribution is 6.74. The van der Waals surface area contributed by atoms with Crippen LogP contribution >= 0.6 is 0 Å². The monoisotopic (exact) mass is 508 g/mol. The smallest absolute Gasteiger partial charge is 0.417 e. The first-order chi connectivity index (χ1) is 16.0. The van der Waals surface area contributed by atoms with E-state index >= 15 is 0 Å². The predicted octanol–water partition coefficient (Wildman–Crippen LogP) is 6.43. The summed E-state index contributed by atoms with van der Waals surface area (Å²) in [4.78, 5) is 0. The van der Waals surface area contributed by atoms with Crippen molar-refractivity contribution < 1.29 is 32.5 Å². The number of aromatic hydroxyl groups is 2. The Labute approximate surface area is 204 Å². The van der Waals surface area contributed by atoms with Crippen molar-refractivity contribution in [1.29, 1.82) is 5.26 Å². The Morgan fingerprint density at radius 1 is 1.14 bits per heavy atom. The molecule has 35 heavy (non-hydrogen) atoms. The van der Waals surface area contributed by atoms with Crippen LogP contribution in [0.2, 0.25) is 18.1 Å². The number of nitriles is 1. The number of nitrogens with zero attached hydrogens (tertiary/aromatic N) is 2. The molecule has 0 aliphatic carbocycles. The van der Waals surface area contributed by atoms with Crippen molar-refractivity contribution in [3.63, 3.8) is 0 Å². The van der Waals surface area contributed by atoms with Gasteiger partial charge in [0, 0.05) is 13.0 Å². The highest BCUT2D eigenvalue weighted by Crippen LogP contribution is 2.65. The molecule has 1 fully saturated rings. The Bertz CT molecular complexity index is 1230. The molecule has 190 valence electrons. The standard InChI is InChI=1S/C25H31F3N2O4Si/c1-22(2,3)35(5,6)33-12-11-24-10-9-23(4,34-24)18-19(24)21(32)30(20(18)31)16-8-7-15(14-29)17(13-16)25(26,27)28/h7-8,13,31-32H,9-12H2,1-6H3/t23-,24-/m1/s1. The van der Waals surface area contributed by atoms with E-state index in [2.05, 4.69) is 33.9 Å². The predicted molar refractivity (Wildman–Crippen MR) is 126 cm³/mol. The molecule has 0 amide bonds. The van der Waals surface area contributed by atoms with Crippen LogP contribution < -0.4 is 0 Å². The Kier molecular flexibility index (Phi) is 5.67. The molecule has 2 aliphatic heterocycles. The molecule has 1 saturated heterocycles. The summed E-state index contributed by atoms with van der Waals surface area (Å²) in [5.74, 6) is -0.712. The Morgan fingerprint density at radius 3 is 2.34 bits per heavy atom. The van der Waals surface area contributed by atoms with Crippen molar-refractivity contribution in [2.75, 3.05) is 6.61 Å². The Hall–Kier alpha value is -2.48. The topological polar surface area (TPSA) is 87.6 Å². The van der Waals surface area contributed by atoms with Crippen molar-refractivity contribution >= 4 is 8.32 Å². The summed E-state index contributed by atoms with van der Waals surface area (Å²) in [6.45, 7) is 12.9. The highest BCUT2D eigenvalue weighted by atomic mass is 28.4. The van der Waals surface area contributed by atoms with E-state index in [9.17, 15) is 23.4 Å². The zero-order valence-electron chi connectivity index (χ0n) is 20.8. The number of alkyl halides is 3. The number of aromatic nitrogens is 1. The minimum absolute atomic E-state index is 0.0199. The molecule has 0 radical (unpaired) electrons. The fourth-order valence-electron chi connectivity index (χ4n) is 5.04. The van der Waals surface area contributed by atoms with Gasteiger partial charge in [-0.25, -0.2) is 0 Å². The second-order valence-corrected chi connectivity index (χ2v) is 16.1. The molecule has 1 aromatic carbocycles. The molecule has 2 aliphatic rings. The lowest BCUT2D eigenvalue weighted by Gasteiger charge is -2.37. The van der Waals surface area contributed by atoms with E-state index in [1.54, 1.807) is 6.07 Å². The number of hydrogen-bond donors (Lipinski definition) is 2. The van der Waals surface area contributed by atoms with Crippen molar-refractivity contribution in [3.8, 4) is 23.5 Å². The van der Waals surface area contributed by atoms with Gasteiger partial charge in [-0.05, 0) is 56.1 Å². The number of rotatable bonds is 5. The third kappa shape index (κ3) is 3.84. The fourth-order valence-corrected chi connectivity index (χ4v) is 6.09. The summed E-state index contributed by atoms with van der Waals surface area (Å²) < 4.78 is 54.4. The molecule has 2 N–H and O–H groups in total. The van der Waals surface area contributed by atoms with Gasteiger partial charge < -0.3 is 19.4 Å². The van der Waals surface area contributed by atoms with E-state index in [0.717, 1.165) is 16.7 Å². The lowest BCUT2D eigenvalue weighted by Crippen LogP contribution is -2.41. The zero-order chi connectivity index (χ0) is 26.2. The average molecular weight is 509 g/mol. The van der Waals surface area contributed by atoms with E-state index in [1.807, 2.05) is 6.92 Å². The summed E-state index contributed by atoms with van der Waals surface area (Å²) >= 11 is 0. The maximum atomic E-state index is 13.6. The third-order valence-electron chi connectivity index (χ3n) is 7.99. The van der Waals surface area contributed by atoms with Crippen molar-refractivity contribution in [3.05, 3.63) is 40.5 Å². The average Bonchev–Trinajstić information content (AvgIpc) is 3.30. The van der Waals surface area contributed by atoms with Crippen LogP contribution in [0, 0.1) is 11.3 Å². The molecule has 2 bridgehead atoms. The molecule has 0 unspecified atom stereocenters. The van der Waals surface area contributed by atoms with E-state index in [-0.39, 0.29) is 22.5 Å².